The Hall–Kier alpha value is -1.30. The van der Waals surface area contributed by atoms with Crippen LogP contribution in [-0.4, -0.2) is 13.7 Å². The van der Waals surface area contributed by atoms with Crippen molar-refractivity contribution in [3.63, 3.8) is 0 Å². The summed E-state index contributed by atoms with van der Waals surface area (Å²) < 4.78 is 55.2. The van der Waals surface area contributed by atoms with Gasteiger partial charge in [-0.25, -0.2) is 4.39 Å². The Bertz CT molecular complexity index is 376. The van der Waals surface area contributed by atoms with Gasteiger partial charge in [-0.05, 0) is 25.1 Å². The maximum atomic E-state index is 13.4. The molecule has 0 fully saturated rings. The van der Waals surface area contributed by atoms with Crippen molar-refractivity contribution in [2.75, 3.05) is 13.7 Å². The highest BCUT2D eigenvalue weighted by Crippen LogP contribution is 2.34. The summed E-state index contributed by atoms with van der Waals surface area (Å²) >= 11 is 0. The van der Waals surface area contributed by atoms with Gasteiger partial charge in [0, 0.05) is 5.56 Å². The molecule has 0 aromatic heterocycles. The molecule has 1 aromatic rings. The van der Waals surface area contributed by atoms with Gasteiger partial charge >= 0.3 is 6.18 Å². The summed E-state index contributed by atoms with van der Waals surface area (Å²) in [5.74, 6) is -1.07. The zero-order valence-corrected chi connectivity index (χ0v) is 8.57. The minimum Gasteiger partial charge on any atom is -0.496 e. The lowest BCUT2D eigenvalue weighted by Gasteiger charge is -2.13. The van der Waals surface area contributed by atoms with Crippen molar-refractivity contribution in [3.05, 3.63) is 29.1 Å². The van der Waals surface area contributed by atoms with E-state index in [9.17, 15) is 17.6 Å². The second-order valence-electron chi connectivity index (χ2n) is 3.18. The molecule has 0 aliphatic carbocycles. The summed E-state index contributed by atoms with van der Waals surface area (Å²) in [5.41, 5.74) is 4.23. The number of hydrogen-bond donors (Lipinski definition) is 1. The first kappa shape index (κ1) is 12.8. The first-order valence-corrected chi connectivity index (χ1v) is 4.53. The molecular weight excluding hydrogens is 226 g/mol. The SMILES string of the molecule is COc1cc(C(F)(F)F)cc(F)c1CCN. The number of rotatable bonds is 3. The molecule has 16 heavy (non-hydrogen) atoms. The first-order valence-electron chi connectivity index (χ1n) is 4.53. The molecule has 90 valence electrons. The van der Waals surface area contributed by atoms with E-state index in [0.717, 1.165) is 6.07 Å². The van der Waals surface area contributed by atoms with Crippen LogP contribution in [0.2, 0.25) is 0 Å². The van der Waals surface area contributed by atoms with Crippen LogP contribution >= 0.6 is 0 Å². The van der Waals surface area contributed by atoms with E-state index < -0.39 is 17.6 Å². The lowest BCUT2D eigenvalue weighted by molar-refractivity contribution is -0.137. The lowest BCUT2D eigenvalue weighted by atomic mass is 10.1. The number of ether oxygens (including phenoxy) is 1. The predicted molar refractivity (Wildman–Crippen MR) is 50.7 cm³/mol. The maximum absolute atomic E-state index is 13.4. The van der Waals surface area contributed by atoms with Crippen LogP contribution in [0.4, 0.5) is 17.6 Å². The number of benzene rings is 1. The number of nitrogens with two attached hydrogens (primary N) is 1. The van der Waals surface area contributed by atoms with Crippen LogP contribution in [-0.2, 0) is 12.6 Å². The summed E-state index contributed by atoms with van der Waals surface area (Å²) in [7, 11) is 1.19. The molecule has 0 aliphatic heterocycles. The first-order chi connectivity index (χ1) is 7.40. The fourth-order valence-electron chi connectivity index (χ4n) is 1.34. The molecule has 0 saturated heterocycles. The monoisotopic (exact) mass is 237 g/mol. The van der Waals surface area contributed by atoms with E-state index in [0.29, 0.717) is 6.07 Å². The van der Waals surface area contributed by atoms with E-state index in [1.54, 1.807) is 0 Å². The topological polar surface area (TPSA) is 35.2 Å². The quantitative estimate of drug-likeness (QED) is 0.819. The summed E-state index contributed by atoms with van der Waals surface area (Å²) in [5, 5.41) is 0. The number of hydrogen-bond acceptors (Lipinski definition) is 2. The van der Waals surface area contributed by atoms with Crippen LogP contribution in [0.15, 0.2) is 12.1 Å². The fraction of sp³-hybridized carbons (Fsp3) is 0.400. The molecule has 2 nitrogen and oxygen atoms in total. The second kappa shape index (κ2) is 4.69. The Morgan fingerprint density at radius 3 is 2.38 bits per heavy atom. The second-order valence-corrected chi connectivity index (χ2v) is 3.18. The van der Waals surface area contributed by atoms with Crippen LogP contribution in [0, 0.1) is 5.82 Å². The highest BCUT2D eigenvalue weighted by molar-refractivity contribution is 5.40. The molecule has 0 spiro atoms. The molecule has 0 unspecified atom stereocenters. The van der Waals surface area contributed by atoms with Crippen molar-refractivity contribution in [2.24, 2.45) is 5.73 Å². The molecule has 6 heteroatoms. The van der Waals surface area contributed by atoms with Crippen LogP contribution in [0.1, 0.15) is 11.1 Å². The molecule has 1 aromatic carbocycles. The van der Waals surface area contributed by atoms with Gasteiger partial charge in [0.05, 0.1) is 12.7 Å². The molecule has 0 atom stereocenters. The van der Waals surface area contributed by atoms with E-state index >= 15 is 0 Å². The fourth-order valence-corrected chi connectivity index (χ4v) is 1.34. The average molecular weight is 237 g/mol. The van der Waals surface area contributed by atoms with Gasteiger partial charge in [-0.3, -0.25) is 0 Å². The van der Waals surface area contributed by atoms with Gasteiger partial charge in [0.2, 0.25) is 0 Å². The number of alkyl halides is 3. The predicted octanol–water partition coefficient (Wildman–Crippen LogP) is 2.35. The molecule has 0 bridgehead atoms. The van der Waals surface area contributed by atoms with Gasteiger partial charge < -0.3 is 10.5 Å². The Labute approximate surface area is 90.0 Å². The van der Waals surface area contributed by atoms with Crippen LogP contribution in [0.25, 0.3) is 0 Å². The summed E-state index contributed by atoms with van der Waals surface area (Å²) in [4.78, 5) is 0. The minimum absolute atomic E-state index is 0.0676. The van der Waals surface area contributed by atoms with Gasteiger partial charge in [-0.1, -0.05) is 0 Å². The molecule has 0 saturated carbocycles. The van der Waals surface area contributed by atoms with Crippen LogP contribution in [0.3, 0.4) is 0 Å². The molecule has 2 N–H and O–H groups in total. The molecule has 0 heterocycles. The van der Waals surface area contributed by atoms with Crippen molar-refractivity contribution < 1.29 is 22.3 Å². The van der Waals surface area contributed by atoms with Crippen molar-refractivity contribution in [3.8, 4) is 5.75 Å². The van der Waals surface area contributed by atoms with Gasteiger partial charge in [0.1, 0.15) is 11.6 Å². The molecule has 1 rings (SSSR count). The average Bonchev–Trinajstić information content (AvgIpc) is 2.19. The van der Waals surface area contributed by atoms with Gasteiger partial charge in [0.15, 0.2) is 0 Å². The van der Waals surface area contributed by atoms with Crippen LogP contribution < -0.4 is 10.5 Å². The number of halogens is 4. The highest BCUT2D eigenvalue weighted by atomic mass is 19.4. The van der Waals surface area contributed by atoms with E-state index in [1.807, 2.05) is 0 Å². The lowest BCUT2D eigenvalue weighted by Crippen LogP contribution is -2.10. The van der Waals surface area contributed by atoms with Crippen molar-refractivity contribution in [1.29, 1.82) is 0 Å². The summed E-state index contributed by atoms with van der Waals surface area (Å²) in [6.07, 6.45) is -4.46. The minimum atomic E-state index is -4.59. The normalized spacial score (nSPS) is 11.6. The van der Waals surface area contributed by atoms with E-state index in [4.69, 9.17) is 10.5 Å². The van der Waals surface area contributed by atoms with Crippen molar-refractivity contribution in [2.45, 2.75) is 12.6 Å². The zero-order valence-electron chi connectivity index (χ0n) is 8.57. The Kier molecular flexibility index (Phi) is 3.74. The molecular formula is C10H11F4NO. The van der Waals surface area contributed by atoms with E-state index in [2.05, 4.69) is 0 Å². The largest absolute Gasteiger partial charge is 0.496 e. The Morgan fingerprint density at radius 2 is 1.94 bits per heavy atom. The van der Waals surface area contributed by atoms with Crippen LogP contribution in [0.5, 0.6) is 5.75 Å². The summed E-state index contributed by atoms with van der Waals surface area (Å²) in [6, 6.07) is 1.22. The standard InChI is InChI=1S/C10H11F4NO/c1-16-9-5-6(10(12,13)14)4-8(11)7(9)2-3-15/h4-5H,2-3,15H2,1H3. The smallest absolute Gasteiger partial charge is 0.416 e. The zero-order chi connectivity index (χ0) is 12.3. The third-order valence-corrected chi connectivity index (χ3v) is 2.10. The molecule has 0 radical (unpaired) electrons. The third-order valence-electron chi connectivity index (χ3n) is 2.10. The van der Waals surface area contributed by atoms with Gasteiger partial charge in [0.25, 0.3) is 0 Å². The van der Waals surface area contributed by atoms with E-state index in [-0.39, 0.29) is 24.3 Å². The Balaban J connectivity index is 3.26. The highest BCUT2D eigenvalue weighted by Gasteiger charge is 2.32. The maximum Gasteiger partial charge on any atom is 0.416 e. The molecule has 0 amide bonds. The third kappa shape index (κ3) is 2.63. The number of methoxy groups -OCH3 is 1. The van der Waals surface area contributed by atoms with Gasteiger partial charge in [-0.2, -0.15) is 13.2 Å². The summed E-state index contributed by atoms with van der Waals surface area (Å²) in [6.45, 7) is 0.138. The van der Waals surface area contributed by atoms with Crippen molar-refractivity contribution >= 4 is 0 Å². The van der Waals surface area contributed by atoms with E-state index in [1.165, 1.54) is 7.11 Å². The Morgan fingerprint density at radius 1 is 1.31 bits per heavy atom. The van der Waals surface area contributed by atoms with Gasteiger partial charge in [-0.15, -0.1) is 0 Å². The van der Waals surface area contributed by atoms with Crippen molar-refractivity contribution in [1.82, 2.24) is 0 Å². The molecule has 0 aliphatic rings.